The molecule has 0 amide bonds. The molecule has 1 saturated carbocycles. The first-order chi connectivity index (χ1) is 10.3. The number of hydrogen-bond acceptors (Lipinski definition) is 4. The van der Waals surface area contributed by atoms with Gasteiger partial charge in [0.05, 0.1) is 24.5 Å². The van der Waals surface area contributed by atoms with Gasteiger partial charge in [0.25, 0.3) is 0 Å². The molecular weight excluding hydrogens is 266 g/mol. The molecule has 0 aliphatic heterocycles. The van der Waals surface area contributed by atoms with Crippen LogP contribution in [0.25, 0.3) is 5.52 Å². The Kier molecular flexibility index (Phi) is 4.41. The molecule has 0 spiro atoms. The third kappa shape index (κ3) is 3.04. The van der Waals surface area contributed by atoms with Gasteiger partial charge in [-0.15, -0.1) is 0 Å². The number of fused-ring (bicyclic) bond motifs is 1. The van der Waals surface area contributed by atoms with Gasteiger partial charge in [-0.2, -0.15) is 5.10 Å². The average molecular weight is 289 g/mol. The molecule has 2 aromatic heterocycles. The zero-order chi connectivity index (χ0) is 14.7. The predicted molar refractivity (Wildman–Crippen MR) is 82.0 cm³/mol. The van der Waals surface area contributed by atoms with E-state index in [4.69, 9.17) is 9.78 Å². The molecular formula is C16H23N3O2. The van der Waals surface area contributed by atoms with E-state index in [1.54, 1.807) is 0 Å². The van der Waals surface area contributed by atoms with Crippen molar-refractivity contribution in [2.45, 2.75) is 45.3 Å². The minimum absolute atomic E-state index is 0.397. The van der Waals surface area contributed by atoms with Gasteiger partial charge in [-0.3, -0.25) is 0 Å². The van der Waals surface area contributed by atoms with Crippen LogP contribution in [0.5, 0.6) is 0 Å². The summed E-state index contributed by atoms with van der Waals surface area (Å²) >= 11 is 0. The molecule has 5 heteroatoms. The van der Waals surface area contributed by atoms with Gasteiger partial charge in [0.15, 0.2) is 0 Å². The maximum atomic E-state index is 5.11. The highest BCUT2D eigenvalue weighted by atomic mass is 17.2. The van der Waals surface area contributed by atoms with Crippen LogP contribution in [0.15, 0.2) is 24.5 Å². The van der Waals surface area contributed by atoms with E-state index in [9.17, 15) is 0 Å². The Morgan fingerprint density at radius 1 is 1.38 bits per heavy atom. The fourth-order valence-electron chi connectivity index (χ4n) is 3.15. The average Bonchev–Trinajstić information content (AvgIpc) is 2.97. The number of aromatic nitrogens is 2. The standard InChI is InChI=1S/C16H23N3O2/c1-12-6-3-4-7-14(12)18-16-13(11-21-20-2)10-17-19-9-5-8-15(16)19/h5,8-10,12,14,18H,3-4,6-7,11H2,1-2H3. The van der Waals surface area contributed by atoms with Crippen molar-refractivity contribution >= 4 is 11.2 Å². The molecule has 114 valence electrons. The molecule has 0 bridgehead atoms. The fraction of sp³-hybridized carbons (Fsp3) is 0.562. The second kappa shape index (κ2) is 6.45. The van der Waals surface area contributed by atoms with Gasteiger partial charge in [0, 0.05) is 17.8 Å². The van der Waals surface area contributed by atoms with Crippen molar-refractivity contribution in [2.24, 2.45) is 5.92 Å². The maximum Gasteiger partial charge on any atom is 0.111 e. The lowest BCUT2D eigenvalue weighted by atomic mass is 9.85. The minimum Gasteiger partial charge on any atom is -0.380 e. The topological polar surface area (TPSA) is 47.8 Å². The first kappa shape index (κ1) is 14.4. The number of rotatable bonds is 5. The minimum atomic E-state index is 0.397. The molecule has 21 heavy (non-hydrogen) atoms. The van der Waals surface area contributed by atoms with Crippen molar-refractivity contribution in [3.8, 4) is 0 Å². The van der Waals surface area contributed by atoms with Gasteiger partial charge in [-0.1, -0.05) is 19.8 Å². The molecule has 1 aliphatic rings. The summed E-state index contributed by atoms with van der Waals surface area (Å²) < 4.78 is 1.89. The quantitative estimate of drug-likeness (QED) is 0.677. The highest BCUT2D eigenvalue weighted by Gasteiger charge is 2.23. The SMILES string of the molecule is COOCc1cnn2cccc2c1NC1CCCCC1C. The van der Waals surface area contributed by atoms with E-state index < -0.39 is 0 Å². The Morgan fingerprint density at radius 2 is 2.24 bits per heavy atom. The second-order valence-electron chi connectivity index (χ2n) is 5.82. The van der Waals surface area contributed by atoms with Crippen molar-refractivity contribution in [1.82, 2.24) is 9.61 Å². The zero-order valence-corrected chi connectivity index (χ0v) is 12.7. The summed E-state index contributed by atoms with van der Waals surface area (Å²) in [6, 6.07) is 4.61. The monoisotopic (exact) mass is 289 g/mol. The van der Waals surface area contributed by atoms with Gasteiger partial charge in [-0.05, 0) is 30.9 Å². The lowest BCUT2D eigenvalue weighted by Gasteiger charge is -2.31. The van der Waals surface area contributed by atoms with Gasteiger partial charge in [0.2, 0.25) is 0 Å². The summed E-state index contributed by atoms with van der Waals surface area (Å²) in [4.78, 5) is 9.86. The summed E-state index contributed by atoms with van der Waals surface area (Å²) in [6.45, 7) is 2.73. The number of hydrogen-bond donors (Lipinski definition) is 1. The number of nitrogens with one attached hydrogen (secondary N) is 1. The number of nitrogens with zero attached hydrogens (tertiary/aromatic N) is 2. The summed E-state index contributed by atoms with van der Waals surface area (Å²) in [5.41, 5.74) is 3.23. The van der Waals surface area contributed by atoms with Crippen molar-refractivity contribution in [1.29, 1.82) is 0 Å². The first-order valence-electron chi connectivity index (χ1n) is 7.67. The van der Waals surface area contributed by atoms with Crippen LogP contribution in [-0.4, -0.2) is 22.8 Å². The molecule has 2 heterocycles. The zero-order valence-electron chi connectivity index (χ0n) is 12.7. The molecule has 3 rings (SSSR count). The molecule has 2 aromatic rings. The third-order valence-corrected chi connectivity index (χ3v) is 4.42. The Balaban J connectivity index is 1.91. The van der Waals surface area contributed by atoms with Crippen molar-refractivity contribution in [3.63, 3.8) is 0 Å². The van der Waals surface area contributed by atoms with Crippen LogP contribution < -0.4 is 5.32 Å². The molecule has 1 N–H and O–H groups in total. The highest BCUT2D eigenvalue weighted by molar-refractivity contribution is 5.75. The predicted octanol–water partition coefficient (Wildman–Crippen LogP) is 3.40. The summed E-state index contributed by atoms with van der Waals surface area (Å²) in [6.07, 6.45) is 8.97. The van der Waals surface area contributed by atoms with Crippen LogP contribution >= 0.6 is 0 Å². The Bertz CT molecular complexity index is 596. The second-order valence-corrected chi connectivity index (χ2v) is 5.82. The van der Waals surface area contributed by atoms with E-state index in [1.165, 1.54) is 32.8 Å². The molecule has 0 saturated heterocycles. The lowest BCUT2D eigenvalue weighted by molar-refractivity contribution is -0.282. The Labute approximate surface area is 125 Å². The molecule has 2 unspecified atom stereocenters. The molecule has 0 radical (unpaired) electrons. The lowest BCUT2D eigenvalue weighted by Crippen LogP contribution is -2.31. The summed E-state index contributed by atoms with van der Waals surface area (Å²) in [5.74, 6) is 0.693. The van der Waals surface area contributed by atoms with Crippen LogP contribution in [-0.2, 0) is 16.4 Å². The van der Waals surface area contributed by atoms with Crippen LogP contribution in [0.2, 0.25) is 0 Å². The number of anilines is 1. The Morgan fingerprint density at radius 3 is 3.05 bits per heavy atom. The smallest absolute Gasteiger partial charge is 0.111 e. The maximum absolute atomic E-state index is 5.11. The molecule has 5 nitrogen and oxygen atoms in total. The van der Waals surface area contributed by atoms with E-state index in [0.717, 1.165) is 16.8 Å². The van der Waals surface area contributed by atoms with Crippen LogP contribution in [0, 0.1) is 5.92 Å². The molecule has 0 aromatic carbocycles. The van der Waals surface area contributed by atoms with E-state index >= 15 is 0 Å². The van der Waals surface area contributed by atoms with Crippen LogP contribution in [0.4, 0.5) is 5.69 Å². The van der Waals surface area contributed by atoms with E-state index in [2.05, 4.69) is 23.4 Å². The van der Waals surface area contributed by atoms with E-state index in [0.29, 0.717) is 18.6 Å². The van der Waals surface area contributed by atoms with Gasteiger partial charge < -0.3 is 5.32 Å². The Hall–Kier alpha value is -1.59. The fourth-order valence-corrected chi connectivity index (χ4v) is 3.15. The molecule has 1 aliphatic carbocycles. The van der Waals surface area contributed by atoms with Crippen molar-refractivity contribution in [2.75, 3.05) is 12.4 Å². The normalized spacial score (nSPS) is 22.6. The van der Waals surface area contributed by atoms with Crippen molar-refractivity contribution < 1.29 is 9.78 Å². The van der Waals surface area contributed by atoms with Gasteiger partial charge >= 0.3 is 0 Å². The largest absolute Gasteiger partial charge is 0.380 e. The van der Waals surface area contributed by atoms with Crippen LogP contribution in [0.1, 0.15) is 38.2 Å². The highest BCUT2D eigenvalue weighted by Crippen LogP contribution is 2.30. The summed E-state index contributed by atoms with van der Waals surface area (Å²) in [7, 11) is 1.53. The molecule has 2 atom stereocenters. The van der Waals surface area contributed by atoms with Gasteiger partial charge in [0.1, 0.15) is 6.61 Å². The summed E-state index contributed by atoms with van der Waals surface area (Å²) in [5, 5.41) is 8.15. The van der Waals surface area contributed by atoms with Gasteiger partial charge in [-0.25, -0.2) is 14.3 Å². The third-order valence-electron chi connectivity index (χ3n) is 4.42. The first-order valence-corrected chi connectivity index (χ1v) is 7.67. The van der Waals surface area contributed by atoms with E-state index in [1.807, 2.05) is 23.0 Å². The van der Waals surface area contributed by atoms with Crippen LogP contribution in [0.3, 0.4) is 0 Å². The van der Waals surface area contributed by atoms with Crippen molar-refractivity contribution in [3.05, 3.63) is 30.1 Å². The van der Waals surface area contributed by atoms with E-state index in [-0.39, 0.29) is 0 Å². The molecule has 1 fully saturated rings.